The van der Waals surface area contributed by atoms with Crippen molar-refractivity contribution < 1.29 is 4.42 Å². The Labute approximate surface area is 280 Å². The molecule has 1 aliphatic carbocycles. The van der Waals surface area contributed by atoms with Crippen LogP contribution >= 0.6 is 0 Å². The van der Waals surface area contributed by atoms with E-state index >= 15 is 0 Å². The van der Waals surface area contributed by atoms with Crippen LogP contribution < -0.4 is 9.80 Å². The smallest absolute Gasteiger partial charge is 0.135 e. The van der Waals surface area contributed by atoms with E-state index < -0.39 is 0 Å². The van der Waals surface area contributed by atoms with Crippen molar-refractivity contribution in [2.45, 2.75) is 19.3 Å². The molecule has 0 bridgehead atoms. The van der Waals surface area contributed by atoms with E-state index in [1.54, 1.807) is 0 Å². The lowest BCUT2D eigenvalue weighted by Crippen LogP contribution is -2.20. The SMILES string of the molecule is CC1(C)c2cccc(N(c3ccccc3)c3ccccc3)c2-c2cccc(N(c3ccccc3)c3ccc4oc5ccccc5c4c3)c21. The van der Waals surface area contributed by atoms with E-state index in [9.17, 15) is 0 Å². The molecule has 0 aliphatic heterocycles. The molecule has 0 amide bonds. The quantitative estimate of drug-likeness (QED) is 0.185. The van der Waals surface area contributed by atoms with E-state index in [0.717, 1.165) is 44.7 Å². The van der Waals surface area contributed by atoms with Gasteiger partial charge in [-0.2, -0.15) is 0 Å². The normalized spacial score (nSPS) is 13.0. The summed E-state index contributed by atoms with van der Waals surface area (Å²) in [5, 5.41) is 2.24. The van der Waals surface area contributed by atoms with Crippen LogP contribution in [0.25, 0.3) is 33.1 Å². The molecule has 230 valence electrons. The summed E-state index contributed by atoms with van der Waals surface area (Å²) in [4.78, 5) is 4.81. The Morgan fingerprint density at radius 1 is 0.438 bits per heavy atom. The Balaban J connectivity index is 1.29. The summed E-state index contributed by atoms with van der Waals surface area (Å²) >= 11 is 0. The number of fused-ring (bicyclic) bond motifs is 6. The lowest BCUT2D eigenvalue weighted by atomic mass is 9.81. The van der Waals surface area contributed by atoms with Crippen molar-refractivity contribution in [1.82, 2.24) is 0 Å². The van der Waals surface area contributed by atoms with Gasteiger partial charge in [0, 0.05) is 44.5 Å². The van der Waals surface area contributed by atoms with Crippen molar-refractivity contribution >= 4 is 56.1 Å². The fourth-order valence-electron chi connectivity index (χ4n) is 7.70. The molecule has 48 heavy (non-hydrogen) atoms. The first-order valence-corrected chi connectivity index (χ1v) is 16.5. The first-order valence-electron chi connectivity index (χ1n) is 16.5. The molecule has 3 heteroatoms. The second-order valence-electron chi connectivity index (χ2n) is 13.0. The highest BCUT2D eigenvalue weighted by Gasteiger charge is 2.41. The summed E-state index contributed by atoms with van der Waals surface area (Å²) in [5.41, 5.74) is 13.5. The predicted molar refractivity (Wildman–Crippen MR) is 201 cm³/mol. The van der Waals surface area contributed by atoms with Crippen molar-refractivity contribution in [3.05, 3.63) is 181 Å². The van der Waals surface area contributed by atoms with Gasteiger partial charge >= 0.3 is 0 Å². The van der Waals surface area contributed by atoms with E-state index in [0.29, 0.717) is 0 Å². The molecule has 3 nitrogen and oxygen atoms in total. The van der Waals surface area contributed by atoms with Crippen LogP contribution in [0.5, 0.6) is 0 Å². The minimum atomic E-state index is -0.268. The van der Waals surface area contributed by atoms with Crippen LogP contribution in [-0.4, -0.2) is 0 Å². The van der Waals surface area contributed by atoms with Crippen molar-refractivity contribution in [3.63, 3.8) is 0 Å². The number of para-hydroxylation sites is 4. The molecule has 1 aromatic heterocycles. The minimum absolute atomic E-state index is 0.268. The molecule has 0 unspecified atom stereocenters. The molecule has 0 saturated heterocycles. The molecular weight excluding hydrogens is 585 g/mol. The van der Waals surface area contributed by atoms with E-state index in [1.807, 2.05) is 12.1 Å². The molecule has 0 atom stereocenters. The van der Waals surface area contributed by atoms with Crippen LogP contribution in [0, 0.1) is 0 Å². The molecule has 0 fully saturated rings. The Morgan fingerprint density at radius 2 is 0.979 bits per heavy atom. The Kier molecular flexibility index (Phi) is 6.48. The molecule has 7 aromatic carbocycles. The average molecular weight is 619 g/mol. The summed E-state index contributed by atoms with van der Waals surface area (Å²) in [6.45, 7) is 4.74. The number of hydrogen-bond acceptors (Lipinski definition) is 3. The van der Waals surface area contributed by atoms with E-state index in [2.05, 4.69) is 181 Å². The summed E-state index contributed by atoms with van der Waals surface area (Å²) in [6, 6.07) is 60.5. The highest BCUT2D eigenvalue weighted by atomic mass is 16.3. The number of hydrogen-bond donors (Lipinski definition) is 0. The monoisotopic (exact) mass is 618 g/mol. The minimum Gasteiger partial charge on any atom is -0.456 e. The zero-order valence-corrected chi connectivity index (χ0v) is 27.0. The molecule has 9 rings (SSSR count). The maximum atomic E-state index is 6.23. The van der Waals surface area contributed by atoms with Gasteiger partial charge in [0.05, 0.1) is 11.4 Å². The maximum absolute atomic E-state index is 6.23. The van der Waals surface area contributed by atoms with Gasteiger partial charge in [-0.15, -0.1) is 0 Å². The van der Waals surface area contributed by atoms with Gasteiger partial charge in [0.2, 0.25) is 0 Å². The van der Waals surface area contributed by atoms with E-state index in [4.69, 9.17) is 4.42 Å². The van der Waals surface area contributed by atoms with Gasteiger partial charge in [0.25, 0.3) is 0 Å². The Morgan fingerprint density at radius 3 is 1.65 bits per heavy atom. The summed E-state index contributed by atoms with van der Waals surface area (Å²) < 4.78 is 6.23. The van der Waals surface area contributed by atoms with Crippen LogP contribution in [0.15, 0.2) is 174 Å². The van der Waals surface area contributed by atoms with E-state index in [-0.39, 0.29) is 5.41 Å². The lowest BCUT2D eigenvalue weighted by Gasteiger charge is -2.32. The number of benzene rings is 7. The number of nitrogens with zero attached hydrogens (tertiary/aromatic N) is 2. The fourth-order valence-corrected chi connectivity index (χ4v) is 7.70. The van der Waals surface area contributed by atoms with Crippen LogP contribution in [0.4, 0.5) is 34.1 Å². The second kappa shape index (κ2) is 11.0. The first kappa shape index (κ1) is 28.2. The summed E-state index contributed by atoms with van der Waals surface area (Å²) in [7, 11) is 0. The number of anilines is 6. The molecule has 0 saturated carbocycles. The van der Waals surface area contributed by atoms with Crippen molar-refractivity contribution in [2.24, 2.45) is 0 Å². The van der Waals surface area contributed by atoms with Crippen molar-refractivity contribution in [1.29, 1.82) is 0 Å². The molecule has 1 aliphatic rings. The standard InChI is InChI=1S/C45H34N2O/c1-45(2)38-24-15-25-39(46(31-16-6-3-7-17-31)32-18-8-4-9-19-32)43(38)36-23-14-26-40(44(36)45)47(33-20-10-5-11-21-33)34-28-29-42-37(30-34)35-22-12-13-27-41(35)48-42/h3-30H,1-2H3. The molecule has 0 radical (unpaired) electrons. The highest BCUT2D eigenvalue weighted by molar-refractivity contribution is 6.07. The molecule has 0 N–H and O–H groups in total. The average Bonchev–Trinajstić information content (AvgIpc) is 3.62. The number of furan rings is 1. The zero-order valence-electron chi connectivity index (χ0n) is 27.0. The molecule has 8 aromatic rings. The molecule has 0 spiro atoms. The van der Waals surface area contributed by atoms with Gasteiger partial charge in [-0.25, -0.2) is 0 Å². The zero-order chi connectivity index (χ0) is 32.2. The van der Waals surface area contributed by atoms with Gasteiger partial charge in [-0.1, -0.05) is 111 Å². The van der Waals surface area contributed by atoms with Gasteiger partial charge in [0.15, 0.2) is 0 Å². The third-order valence-corrected chi connectivity index (χ3v) is 9.80. The largest absolute Gasteiger partial charge is 0.456 e. The maximum Gasteiger partial charge on any atom is 0.135 e. The molecular formula is C45H34N2O. The third-order valence-electron chi connectivity index (χ3n) is 9.80. The van der Waals surface area contributed by atoms with Gasteiger partial charge < -0.3 is 14.2 Å². The Bertz CT molecular complexity index is 2390. The highest BCUT2D eigenvalue weighted by Crippen LogP contribution is 2.58. The third kappa shape index (κ3) is 4.35. The number of rotatable bonds is 6. The molecule has 1 heterocycles. The van der Waals surface area contributed by atoms with Crippen LogP contribution in [0.2, 0.25) is 0 Å². The summed E-state index contributed by atoms with van der Waals surface area (Å²) in [6.07, 6.45) is 0. The topological polar surface area (TPSA) is 19.6 Å². The van der Waals surface area contributed by atoms with E-state index in [1.165, 1.54) is 33.6 Å². The van der Waals surface area contributed by atoms with Crippen LogP contribution in [-0.2, 0) is 5.41 Å². The van der Waals surface area contributed by atoms with Crippen LogP contribution in [0.3, 0.4) is 0 Å². The second-order valence-corrected chi connectivity index (χ2v) is 13.0. The summed E-state index contributed by atoms with van der Waals surface area (Å²) in [5.74, 6) is 0. The van der Waals surface area contributed by atoms with Crippen molar-refractivity contribution in [3.8, 4) is 11.1 Å². The van der Waals surface area contributed by atoms with Gasteiger partial charge in [-0.05, 0) is 89.5 Å². The first-order chi connectivity index (χ1) is 23.6. The van der Waals surface area contributed by atoms with Gasteiger partial charge in [-0.3, -0.25) is 0 Å². The lowest BCUT2D eigenvalue weighted by molar-refractivity contribution is 0.660. The predicted octanol–water partition coefficient (Wildman–Crippen LogP) is 12.8. The fraction of sp³-hybridized carbons (Fsp3) is 0.0667. The Hall–Kier alpha value is -6.06. The van der Waals surface area contributed by atoms with Gasteiger partial charge in [0.1, 0.15) is 11.2 Å². The van der Waals surface area contributed by atoms with Crippen molar-refractivity contribution in [2.75, 3.05) is 9.80 Å². The van der Waals surface area contributed by atoms with Crippen LogP contribution in [0.1, 0.15) is 25.0 Å².